The molecule has 7 heteroatoms. The van der Waals surface area contributed by atoms with Crippen molar-refractivity contribution in [3.8, 4) is 0 Å². The maximum atomic E-state index is 12.2. The number of anilines is 1. The third kappa shape index (κ3) is 3.55. The average molecular weight is 377 g/mol. The number of hydrogen-bond acceptors (Lipinski definition) is 4. The van der Waals surface area contributed by atoms with E-state index in [2.05, 4.69) is 26.4 Å². The first-order valence-corrected chi connectivity index (χ1v) is 9.47. The molecular weight excluding hydrogens is 354 g/mol. The summed E-state index contributed by atoms with van der Waals surface area (Å²) in [6.07, 6.45) is 7.45. The number of carbonyl (C=O) groups excluding carboxylic acids is 1. The molecule has 3 aromatic heterocycles. The van der Waals surface area contributed by atoms with Crippen LogP contribution in [0.25, 0.3) is 11.0 Å². The summed E-state index contributed by atoms with van der Waals surface area (Å²) in [6, 6.07) is 9.15. The van der Waals surface area contributed by atoms with Crippen molar-refractivity contribution in [3.63, 3.8) is 0 Å². The second kappa shape index (κ2) is 7.72. The Kier molecular flexibility index (Phi) is 4.97. The molecule has 1 aromatic carbocycles. The molecule has 0 saturated carbocycles. The lowest BCUT2D eigenvalue weighted by Gasteiger charge is -2.10. The molecular formula is C21H23N5O2. The van der Waals surface area contributed by atoms with Crippen molar-refractivity contribution in [2.24, 2.45) is 0 Å². The quantitative estimate of drug-likeness (QED) is 0.523. The molecule has 0 unspecified atom stereocenters. The summed E-state index contributed by atoms with van der Waals surface area (Å²) in [4.78, 5) is 21.4. The molecule has 0 spiro atoms. The van der Waals surface area contributed by atoms with Gasteiger partial charge >= 0.3 is 0 Å². The van der Waals surface area contributed by atoms with Crippen LogP contribution in [0.5, 0.6) is 0 Å². The zero-order chi connectivity index (χ0) is 19.5. The third-order valence-electron chi connectivity index (χ3n) is 4.80. The van der Waals surface area contributed by atoms with Gasteiger partial charge in [-0.3, -0.25) is 4.79 Å². The molecule has 0 aliphatic carbocycles. The zero-order valence-corrected chi connectivity index (χ0v) is 16.1. The Bertz CT molecular complexity index is 1090. The fourth-order valence-electron chi connectivity index (χ4n) is 3.27. The molecule has 0 atom stereocenters. The summed E-state index contributed by atoms with van der Waals surface area (Å²) in [7, 11) is 0. The minimum absolute atomic E-state index is 0.274. The lowest BCUT2D eigenvalue weighted by Crippen LogP contribution is -2.10. The molecule has 0 radical (unpaired) electrons. The van der Waals surface area contributed by atoms with Crippen molar-refractivity contribution in [1.29, 1.82) is 0 Å². The minimum Gasteiger partial charge on any atom is -0.459 e. The predicted molar refractivity (Wildman–Crippen MR) is 107 cm³/mol. The fourth-order valence-corrected chi connectivity index (χ4v) is 3.27. The van der Waals surface area contributed by atoms with Gasteiger partial charge in [-0.15, -0.1) is 0 Å². The van der Waals surface area contributed by atoms with E-state index in [4.69, 9.17) is 9.40 Å². The van der Waals surface area contributed by atoms with Gasteiger partial charge in [-0.2, -0.15) is 0 Å². The summed E-state index contributed by atoms with van der Waals surface area (Å²) < 4.78 is 9.50. The van der Waals surface area contributed by atoms with Gasteiger partial charge in [-0.05, 0) is 43.7 Å². The van der Waals surface area contributed by atoms with Gasteiger partial charge in [-0.1, -0.05) is 13.3 Å². The smallest absolute Gasteiger partial charge is 0.291 e. The van der Waals surface area contributed by atoms with Crippen LogP contribution in [0, 0.1) is 6.92 Å². The number of amides is 1. The number of nitrogens with one attached hydrogen (secondary N) is 1. The normalized spacial score (nSPS) is 11.2. The van der Waals surface area contributed by atoms with Crippen molar-refractivity contribution in [2.45, 2.75) is 39.8 Å². The molecule has 4 aromatic rings. The van der Waals surface area contributed by atoms with Crippen LogP contribution in [0.2, 0.25) is 0 Å². The number of aryl methyl sites for hydroxylation is 2. The number of aromatic nitrogens is 4. The van der Waals surface area contributed by atoms with E-state index in [1.807, 2.05) is 31.3 Å². The van der Waals surface area contributed by atoms with Crippen molar-refractivity contribution in [2.75, 3.05) is 5.32 Å². The summed E-state index contributed by atoms with van der Waals surface area (Å²) in [6.45, 7) is 5.74. The third-order valence-corrected chi connectivity index (χ3v) is 4.80. The zero-order valence-electron chi connectivity index (χ0n) is 16.1. The van der Waals surface area contributed by atoms with Crippen LogP contribution in [0.3, 0.4) is 0 Å². The van der Waals surface area contributed by atoms with Crippen LogP contribution in [0.15, 0.2) is 53.4 Å². The molecule has 1 amide bonds. The van der Waals surface area contributed by atoms with Gasteiger partial charge in [0.15, 0.2) is 5.76 Å². The standard InChI is InChI=1S/C21H23N5O2/c1-3-4-10-26-18-8-7-16(23-21(27)19-6-5-12-28-19)13-17(18)24-20(26)14-25-11-9-22-15(25)2/h5-9,11-13H,3-4,10,14H2,1-2H3,(H,23,27). The first-order chi connectivity index (χ1) is 13.7. The summed E-state index contributed by atoms with van der Waals surface area (Å²) in [5, 5.41) is 2.87. The molecule has 0 aliphatic rings. The Labute approximate surface area is 163 Å². The number of nitrogens with zero attached hydrogens (tertiary/aromatic N) is 4. The van der Waals surface area contributed by atoms with Gasteiger partial charge in [0.25, 0.3) is 5.91 Å². The van der Waals surface area contributed by atoms with Crippen molar-refractivity contribution in [3.05, 3.63) is 66.4 Å². The van der Waals surface area contributed by atoms with E-state index < -0.39 is 0 Å². The fraction of sp³-hybridized carbons (Fsp3) is 0.286. The highest BCUT2D eigenvalue weighted by Crippen LogP contribution is 2.23. The molecule has 4 rings (SSSR count). The predicted octanol–water partition coefficient (Wildman–Crippen LogP) is 4.23. The lowest BCUT2D eigenvalue weighted by atomic mass is 10.2. The summed E-state index contributed by atoms with van der Waals surface area (Å²) >= 11 is 0. The number of hydrogen-bond donors (Lipinski definition) is 1. The average Bonchev–Trinajstić information content (AvgIpc) is 3.41. The van der Waals surface area contributed by atoms with E-state index in [1.165, 1.54) is 6.26 Å². The van der Waals surface area contributed by atoms with Crippen molar-refractivity contribution >= 4 is 22.6 Å². The molecule has 0 saturated heterocycles. The van der Waals surface area contributed by atoms with Gasteiger partial charge in [0.1, 0.15) is 11.6 Å². The number of rotatable bonds is 7. The van der Waals surface area contributed by atoms with Crippen LogP contribution in [-0.4, -0.2) is 25.0 Å². The second-order valence-corrected chi connectivity index (χ2v) is 6.77. The molecule has 144 valence electrons. The number of benzene rings is 1. The number of carbonyl (C=O) groups is 1. The SMILES string of the molecule is CCCCn1c(Cn2ccnc2C)nc2cc(NC(=O)c3ccco3)ccc21. The highest BCUT2D eigenvalue weighted by molar-refractivity contribution is 6.03. The van der Waals surface area contributed by atoms with Crippen LogP contribution in [-0.2, 0) is 13.1 Å². The van der Waals surface area contributed by atoms with Crippen molar-refractivity contribution in [1.82, 2.24) is 19.1 Å². The molecule has 28 heavy (non-hydrogen) atoms. The first kappa shape index (κ1) is 18.0. The summed E-state index contributed by atoms with van der Waals surface area (Å²) in [5.74, 6) is 1.95. The maximum Gasteiger partial charge on any atom is 0.291 e. The van der Waals surface area contributed by atoms with Gasteiger partial charge in [0.2, 0.25) is 0 Å². The number of imidazole rings is 2. The van der Waals surface area contributed by atoms with E-state index in [9.17, 15) is 4.79 Å². The highest BCUT2D eigenvalue weighted by atomic mass is 16.3. The van der Waals surface area contributed by atoms with Crippen molar-refractivity contribution < 1.29 is 9.21 Å². The Morgan fingerprint density at radius 3 is 2.89 bits per heavy atom. The number of unbranched alkanes of at least 4 members (excludes halogenated alkanes) is 1. The van der Waals surface area contributed by atoms with E-state index in [0.717, 1.165) is 42.1 Å². The molecule has 0 bridgehead atoms. The van der Waals surface area contributed by atoms with Crippen LogP contribution in [0.1, 0.15) is 42.0 Å². The molecule has 0 aliphatic heterocycles. The van der Waals surface area contributed by atoms with E-state index >= 15 is 0 Å². The van der Waals surface area contributed by atoms with Gasteiger partial charge < -0.3 is 18.9 Å². The van der Waals surface area contributed by atoms with E-state index in [1.54, 1.807) is 18.3 Å². The largest absolute Gasteiger partial charge is 0.459 e. The number of fused-ring (bicyclic) bond motifs is 1. The first-order valence-electron chi connectivity index (χ1n) is 9.47. The summed E-state index contributed by atoms with van der Waals surface area (Å²) in [5.41, 5.74) is 2.62. The molecule has 3 heterocycles. The van der Waals surface area contributed by atoms with Crippen LogP contribution < -0.4 is 5.32 Å². The van der Waals surface area contributed by atoms with Gasteiger partial charge in [0.05, 0.1) is 23.8 Å². The van der Waals surface area contributed by atoms with E-state index in [-0.39, 0.29) is 11.7 Å². The molecule has 1 N–H and O–H groups in total. The minimum atomic E-state index is -0.274. The molecule has 0 fully saturated rings. The van der Waals surface area contributed by atoms with E-state index in [0.29, 0.717) is 12.2 Å². The van der Waals surface area contributed by atoms with Crippen LogP contribution in [0.4, 0.5) is 5.69 Å². The Morgan fingerprint density at radius 1 is 1.29 bits per heavy atom. The Morgan fingerprint density at radius 2 is 2.18 bits per heavy atom. The Hall–Kier alpha value is -3.35. The highest BCUT2D eigenvalue weighted by Gasteiger charge is 2.14. The number of furan rings is 1. The lowest BCUT2D eigenvalue weighted by molar-refractivity contribution is 0.0996. The maximum absolute atomic E-state index is 12.2. The topological polar surface area (TPSA) is 77.9 Å². The van der Waals surface area contributed by atoms with Gasteiger partial charge in [0, 0.05) is 24.6 Å². The van der Waals surface area contributed by atoms with Crippen LogP contribution >= 0.6 is 0 Å². The molecule has 7 nitrogen and oxygen atoms in total. The Balaban J connectivity index is 1.66. The van der Waals surface area contributed by atoms with Gasteiger partial charge in [-0.25, -0.2) is 9.97 Å². The second-order valence-electron chi connectivity index (χ2n) is 6.77. The monoisotopic (exact) mass is 377 g/mol.